The van der Waals surface area contributed by atoms with E-state index in [1.807, 2.05) is 0 Å². The van der Waals surface area contributed by atoms with Crippen molar-refractivity contribution in [2.75, 3.05) is 13.2 Å². The Morgan fingerprint density at radius 1 is 1.47 bits per heavy atom. The average Bonchev–Trinajstić information content (AvgIpc) is 2.31. The Kier molecular flexibility index (Phi) is 4.24. The molecular weight excluding hydrogens is 236 g/mol. The number of halogens is 1. The molecule has 0 aromatic carbocycles. The number of nitrogens with zero attached hydrogens (tertiary/aromatic N) is 1. The Labute approximate surface area is 108 Å². The second kappa shape index (κ2) is 5.69. The van der Waals surface area contributed by atoms with Crippen molar-refractivity contribution >= 4 is 11.6 Å². The highest BCUT2D eigenvalue weighted by atomic mass is 35.5. The number of aromatic nitrogens is 1. The highest BCUT2D eigenvalue weighted by Crippen LogP contribution is 2.22. The zero-order valence-electron chi connectivity index (χ0n) is 10.3. The van der Waals surface area contributed by atoms with Gasteiger partial charge in [0.2, 0.25) is 5.88 Å². The van der Waals surface area contributed by atoms with Gasteiger partial charge in [-0.3, -0.25) is 0 Å². The number of ether oxygens (including phenoxy) is 1. The first-order valence-electron chi connectivity index (χ1n) is 6.13. The van der Waals surface area contributed by atoms with E-state index in [9.17, 15) is 0 Å². The molecule has 3 atom stereocenters. The van der Waals surface area contributed by atoms with E-state index in [0.29, 0.717) is 23.6 Å². The summed E-state index contributed by atoms with van der Waals surface area (Å²) in [7, 11) is 0. The highest BCUT2D eigenvalue weighted by molar-refractivity contribution is 6.30. The molecule has 94 valence electrons. The Bertz CT molecular complexity index is 372. The fourth-order valence-corrected chi connectivity index (χ4v) is 2.24. The number of rotatable bonds is 3. The summed E-state index contributed by atoms with van der Waals surface area (Å²) in [6.45, 7) is 6.31. The molecule has 3 nitrogen and oxygen atoms in total. The van der Waals surface area contributed by atoms with Gasteiger partial charge in [-0.25, -0.2) is 4.98 Å². The molecule has 0 amide bonds. The average molecular weight is 255 g/mol. The quantitative estimate of drug-likeness (QED) is 0.901. The zero-order valence-corrected chi connectivity index (χ0v) is 11.1. The minimum atomic E-state index is 0.419. The Balaban J connectivity index is 1.82. The maximum Gasteiger partial charge on any atom is 0.214 e. The molecule has 0 saturated carbocycles. The van der Waals surface area contributed by atoms with E-state index in [1.54, 1.807) is 18.3 Å². The number of nitrogens with one attached hydrogen (secondary N) is 1. The van der Waals surface area contributed by atoms with Crippen molar-refractivity contribution in [1.82, 2.24) is 10.3 Å². The maximum absolute atomic E-state index is 5.87. The Morgan fingerprint density at radius 2 is 2.29 bits per heavy atom. The molecule has 0 radical (unpaired) electrons. The fourth-order valence-electron chi connectivity index (χ4n) is 2.10. The second-order valence-electron chi connectivity index (χ2n) is 4.92. The third-order valence-electron chi connectivity index (χ3n) is 3.49. The van der Waals surface area contributed by atoms with E-state index in [1.165, 1.54) is 0 Å². The van der Waals surface area contributed by atoms with Crippen LogP contribution in [0.25, 0.3) is 0 Å². The molecule has 1 unspecified atom stereocenters. The van der Waals surface area contributed by atoms with Crippen LogP contribution in [0.2, 0.25) is 5.02 Å². The third kappa shape index (κ3) is 3.58. The van der Waals surface area contributed by atoms with Crippen LogP contribution in [0, 0.1) is 11.8 Å². The third-order valence-corrected chi connectivity index (χ3v) is 3.72. The summed E-state index contributed by atoms with van der Waals surface area (Å²) < 4.78 is 5.65. The normalized spacial score (nSPS) is 29.0. The van der Waals surface area contributed by atoms with Gasteiger partial charge < -0.3 is 10.1 Å². The molecule has 1 aromatic rings. The van der Waals surface area contributed by atoms with Gasteiger partial charge >= 0.3 is 0 Å². The van der Waals surface area contributed by atoms with Gasteiger partial charge in [0.1, 0.15) is 6.61 Å². The first-order valence-corrected chi connectivity index (χ1v) is 6.50. The predicted molar refractivity (Wildman–Crippen MR) is 69.5 cm³/mol. The van der Waals surface area contributed by atoms with Gasteiger partial charge in [-0.05, 0) is 30.9 Å². The smallest absolute Gasteiger partial charge is 0.214 e. The number of piperidine rings is 1. The monoisotopic (exact) mass is 254 g/mol. The van der Waals surface area contributed by atoms with Crippen molar-refractivity contribution in [2.24, 2.45) is 11.8 Å². The van der Waals surface area contributed by atoms with Gasteiger partial charge in [-0.2, -0.15) is 0 Å². The summed E-state index contributed by atoms with van der Waals surface area (Å²) in [5, 5.41) is 4.16. The first-order chi connectivity index (χ1) is 8.15. The highest BCUT2D eigenvalue weighted by Gasteiger charge is 2.24. The van der Waals surface area contributed by atoms with Crippen LogP contribution in [0.1, 0.15) is 20.3 Å². The van der Waals surface area contributed by atoms with Crippen LogP contribution >= 0.6 is 11.6 Å². The lowest BCUT2D eigenvalue weighted by molar-refractivity contribution is 0.176. The van der Waals surface area contributed by atoms with Crippen molar-refractivity contribution in [3.63, 3.8) is 0 Å². The molecule has 0 spiro atoms. The molecule has 1 saturated heterocycles. The van der Waals surface area contributed by atoms with Crippen molar-refractivity contribution in [3.05, 3.63) is 23.4 Å². The van der Waals surface area contributed by atoms with E-state index in [4.69, 9.17) is 16.3 Å². The minimum Gasteiger partial charge on any atom is -0.476 e. The minimum absolute atomic E-state index is 0.419. The van der Waals surface area contributed by atoms with Crippen LogP contribution in [0.15, 0.2) is 18.3 Å². The summed E-state index contributed by atoms with van der Waals surface area (Å²) >= 11 is 5.87. The largest absolute Gasteiger partial charge is 0.476 e. The predicted octanol–water partition coefficient (Wildman–Crippen LogP) is 2.75. The summed E-state index contributed by atoms with van der Waals surface area (Å²) in [4.78, 5) is 4.12. The molecule has 17 heavy (non-hydrogen) atoms. The van der Waals surface area contributed by atoms with E-state index in [-0.39, 0.29) is 0 Å². The molecule has 1 N–H and O–H groups in total. The standard InChI is InChI=1S/C13H19ClN2O/c1-9-5-12(16-7-10(9)2)8-17-13-6-11(14)3-4-15-13/h3-4,6,9-10,12,16H,5,7-8H2,1-2H3/t9-,10?,12-/m0/s1. The SMILES string of the molecule is CC1CN[C@H](COc2cc(Cl)ccn2)C[C@@H]1C. The van der Waals surface area contributed by atoms with Crippen molar-refractivity contribution in [3.8, 4) is 5.88 Å². The number of pyridine rings is 1. The maximum atomic E-state index is 5.87. The van der Waals surface area contributed by atoms with Crippen LogP contribution in [0.5, 0.6) is 5.88 Å². The summed E-state index contributed by atoms with van der Waals surface area (Å²) in [6.07, 6.45) is 2.82. The summed E-state index contributed by atoms with van der Waals surface area (Å²) in [5.41, 5.74) is 0. The van der Waals surface area contributed by atoms with Gasteiger partial charge in [0.25, 0.3) is 0 Å². The molecular formula is C13H19ClN2O. The fraction of sp³-hybridized carbons (Fsp3) is 0.615. The molecule has 4 heteroatoms. The lowest BCUT2D eigenvalue weighted by Crippen LogP contribution is -2.45. The number of hydrogen-bond donors (Lipinski definition) is 1. The van der Waals surface area contributed by atoms with E-state index in [0.717, 1.165) is 24.8 Å². The molecule has 2 rings (SSSR count). The summed E-state index contributed by atoms with van der Waals surface area (Å²) in [5.74, 6) is 2.10. The van der Waals surface area contributed by atoms with Crippen LogP contribution in [0.4, 0.5) is 0 Å². The van der Waals surface area contributed by atoms with Gasteiger partial charge in [0.15, 0.2) is 0 Å². The zero-order chi connectivity index (χ0) is 12.3. The van der Waals surface area contributed by atoms with Gasteiger partial charge in [0, 0.05) is 23.3 Å². The lowest BCUT2D eigenvalue weighted by atomic mass is 9.86. The molecule has 1 fully saturated rings. The topological polar surface area (TPSA) is 34.1 Å². The molecule has 0 bridgehead atoms. The van der Waals surface area contributed by atoms with Gasteiger partial charge in [0.05, 0.1) is 0 Å². The first kappa shape index (κ1) is 12.7. The molecule has 1 aromatic heterocycles. The van der Waals surface area contributed by atoms with Crippen LogP contribution in [-0.4, -0.2) is 24.2 Å². The van der Waals surface area contributed by atoms with Crippen LogP contribution in [0.3, 0.4) is 0 Å². The van der Waals surface area contributed by atoms with Crippen molar-refractivity contribution in [2.45, 2.75) is 26.3 Å². The van der Waals surface area contributed by atoms with E-state index >= 15 is 0 Å². The molecule has 2 heterocycles. The van der Waals surface area contributed by atoms with E-state index in [2.05, 4.69) is 24.1 Å². The van der Waals surface area contributed by atoms with Crippen molar-refractivity contribution in [1.29, 1.82) is 0 Å². The number of hydrogen-bond acceptors (Lipinski definition) is 3. The second-order valence-corrected chi connectivity index (χ2v) is 5.36. The lowest BCUT2D eigenvalue weighted by Gasteiger charge is -2.32. The Hall–Kier alpha value is -0.800. The molecule has 1 aliphatic heterocycles. The van der Waals surface area contributed by atoms with Gasteiger partial charge in [-0.15, -0.1) is 0 Å². The van der Waals surface area contributed by atoms with Crippen molar-refractivity contribution < 1.29 is 4.74 Å². The van der Waals surface area contributed by atoms with E-state index < -0.39 is 0 Å². The van der Waals surface area contributed by atoms with Crippen LogP contribution < -0.4 is 10.1 Å². The van der Waals surface area contributed by atoms with Crippen LogP contribution in [-0.2, 0) is 0 Å². The molecule has 1 aliphatic rings. The Morgan fingerprint density at radius 3 is 3.00 bits per heavy atom. The molecule has 0 aliphatic carbocycles. The summed E-state index contributed by atoms with van der Waals surface area (Å²) in [6, 6.07) is 3.91. The van der Waals surface area contributed by atoms with Gasteiger partial charge in [-0.1, -0.05) is 25.4 Å².